The standard InChI is InChI=1S/C10H16O3S/c1-3-5-6-7-8-10-14(11,12)13-9-4-2/h2,8,10H,3,5-7,9H2,1H3. The van der Waals surface area contributed by atoms with Crippen LogP contribution in [0.15, 0.2) is 11.5 Å². The van der Waals surface area contributed by atoms with Gasteiger partial charge in [-0.3, -0.25) is 4.18 Å². The molecule has 0 aliphatic carbocycles. The summed E-state index contributed by atoms with van der Waals surface area (Å²) in [7, 11) is -3.55. The highest BCUT2D eigenvalue weighted by Crippen LogP contribution is 2.02. The number of hydrogen-bond acceptors (Lipinski definition) is 3. The molecule has 0 saturated heterocycles. The first kappa shape index (κ1) is 13.2. The minimum atomic E-state index is -3.55. The molecule has 0 aliphatic rings. The molecular weight excluding hydrogens is 200 g/mol. The molecule has 0 amide bonds. The zero-order valence-electron chi connectivity index (χ0n) is 8.40. The van der Waals surface area contributed by atoms with E-state index in [-0.39, 0.29) is 6.61 Å². The van der Waals surface area contributed by atoms with Gasteiger partial charge < -0.3 is 0 Å². The Labute approximate surface area is 86.3 Å². The van der Waals surface area contributed by atoms with Crippen LogP contribution >= 0.6 is 0 Å². The number of rotatable bonds is 7. The van der Waals surface area contributed by atoms with Gasteiger partial charge in [0.2, 0.25) is 0 Å². The Morgan fingerprint density at radius 3 is 2.71 bits per heavy atom. The molecule has 3 nitrogen and oxygen atoms in total. The van der Waals surface area contributed by atoms with Crippen LogP contribution in [0.1, 0.15) is 32.6 Å². The molecule has 0 N–H and O–H groups in total. The lowest BCUT2D eigenvalue weighted by Gasteiger charge is -1.95. The minimum Gasteiger partial charge on any atom is -0.254 e. The first-order chi connectivity index (χ1) is 6.62. The van der Waals surface area contributed by atoms with Crippen LogP contribution in [0, 0.1) is 12.3 Å². The van der Waals surface area contributed by atoms with E-state index in [4.69, 9.17) is 6.42 Å². The van der Waals surface area contributed by atoms with Gasteiger partial charge in [-0.25, -0.2) is 0 Å². The van der Waals surface area contributed by atoms with Crippen LogP contribution < -0.4 is 0 Å². The number of allylic oxidation sites excluding steroid dienone is 1. The SMILES string of the molecule is C#CCOS(=O)(=O)C=CCCCCC. The number of terminal acetylenes is 1. The molecule has 0 radical (unpaired) electrons. The van der Waals surface area contributed by atoms with Crippen molar-refractivity contribution in [3.8, 4) is 12.3 Å². The molecule has 0 saturated carbocycles. The van der Waals surface area contributed by atoms with Crippen molar-refractivity contribution in [2.75, 3.05) is 6.61 Å². The summed E-state index contributed by atoms with van der Waals surface area (Å²) in [6, 6.07) is 0. The quantitative estimate of drug-likeness (QED) is 0.371. The second kappa shape index (κ2) is 7.60. The lowest BCUT2D eigenvalue weighted by Crippen LogP contribution is -2.01. The lowest BCUT2D eigenvalue weighted by atomic mass is 10.2. The molecule has 14 heavy (non-hydrogen) atoms. The second-order valence-corrected chi connectivity index (χ2v) is 4.32. The van der Waals surface area contributed by atoms with E-state index in [1.54, 1.807) is 6.08 Å². The number of unbranched alkanes of at least 4 members (excludes halogenated alkanes) is 3. The summed E-state index contributed by atoms with van der Waals surface area (Å²) < 4.78 is 26.5. The van der Waals surface area contributed by atoms with Gasteiger partial charge in [-0.05, 0) is 12.8 Å². The zero-order chi connectivity index (χ0) is 10.9. The summed E-state index contributed by atoms with van der Waals surface area (Å²) in [5.41, 5.74) is 0. The Morgan fingerprint density at radius 2 is 2.14 bits per heavy atom. The van der Waals surface area contributed by atoms with Crippen LogP contribution in [0.2, 0.25) is 0 Å². The van der Waals surface area contributed by atoms with E-state index in [1.165, 1.54) is 0 Å². The predicted octanol–water partition coefficient (Wildman–Crippen LogP) is 2.06. The summed E-state index contributed by atoms with van der Waals surface area (Å²) in [5.74, 6) is 2.10. The highest BCUT2D eigenvalue weighted by atomic mass is 32.2. The smallest absolute Gasteiger partial charge is 0.254 e. The van der Waals surface area contributed by atoms with Gasteiger partial charge in [-0.1, -0.05) is 31.8 Å². The van der Waals surface area contributed by atoms with Crippen molar-refractivity contribution in [1.29, 1.82) is 0 Å². The Hall–Kier alpha value is -0.790. The third-order valence-corrected chi connectivity index (χ3v) is 2.52. The van der Waals surface area contributed by atoms with Crippen LogP contribution in [-0.2, 0) is 14.3 Å². The average Bonchev–Trinajstić information content (AvgIpc) is 2.15. The van der Waals surface area contributed by atoms with Crippen LogP contribution in [0.3, 0.4) is 0 Å². The summed E-state index contributed by atoms with van der Waals surface area (Å²) >= 11 is 0. The molecule has 0 rings (SSSR count). The molecule has 0 fully saturated rings. The van der Waals surface area contributed by atoms with Crippen LogP contribution in [0.5, 0.6) is 0 Å². The van der Waals surface area contributed by atoms with Crippen molar-refractivity contribution in [2.45, 2.75) is 32.6 Å². The third-order valence-electron chi connectivity index (χ3n) is 1.54. The number of hydrogen-bond donors (Lipinski definition) is 0. The summed E-state index contributed by atoms with van der Waals surface area (Å²) in [4.78, 5) is 0. The van der Waals surface area contributed by atoms with E-state index in [1.807, 2.05) is 0 Å². The van der Waals surface area contributed by atoms with E-state index < -0.39 is 10.1 Å². The van der Waals surface area contributed by atoms with Crippen molar-refractivity contribution < 1.29 is 12.6 Å². The molecule has 0 heterocycles. The van der Waals surface area contributed by atoms with E-state index >= 15 is 0 Å². The Kier molecular flexibility index (Phi) is 7.17. The third kappa shape index (κ3) is 7.84. The van der Waals surface area contributed by atoms with Crippen molar-refractivity contribution in [1.82, 2.24) is 0 Å². The topological polar surface area (TPSA) is 43.4 Å². The molecule has 0 bridgehead atoms. The molecule has 0 atom stereocenters. The second-order valence-electron chi connectivity index (χ2n) is 2.83. The van der Waals surface area contributed by atoms with E-state index in [2.05, 4.69) is 17.0 Å². The summed E-state index contributed by atoms with van der Waals surface area (Å²) in [5, 5.41) is 1.07. The fourth-order valence-electron chi connectivity index (χ4n) is 0.854. The fourth-order valence-corrected chi connectivity index (χ4v) is 1.54. The summed E-state index contributed by atoms with van der Waals surface area (Å²) in [6.45, 7) is 1.89. The Morgan fingerprint density at radius 1 is 1.43 bits per heavy atom. The maximum absolute atomic E-state index is 11.0. The van der Waals surface area contributed by atoms with Gasteiger partial charge in [0.1, 0.15) is 6.61 Å². The Balaban J connectivity index is 3.80. The van der Waals surface area contributed by atoms with Crippen LogP contribution in [0.25, 0.3) is 0 Å². The van der Waals surface area contributed by atoms with Crippen LogP contribution in [-0.4, -0.2) is 15.0 Å². The molecule has 0 spiro atoms. The first-order valence-corrected chi connectivity index (χ1v) is 6.09. The van der Waals surface area contributed by atoms with Crippen molar-refractivity contribution >= 4 is 10.1 Å². The van der Waals surface area contributed by atoms with Gasteiger partial charge >= 0.3 is 0 Å². The molecule has 0 aromatic carbocycles. The zero-order valence-corrected chi connectivity index (χ0v) is 9.22. The van der Waals surface area contributed by atoms with Crippen molar-refractivity contribution in [3.05, 3.63) is 11.5 Å². The first-order valence-electron chi connectivity index (χ1n) is 4.62. The average molecular weight is 216 g/mol. The molecule has 0 aromatic heterocycles. The van der Waals surface area contributed by atoms with Crippen LogP contribution in [0.4, 0.5) is 0 Å². The fraction of sp³-hybridized carbons (Fsp3) is 0.600. The van der Waals surface area contributed by atoms with Gasteiger partial charge in [0.25, 0.3) is 10.1 Å². The predicted molar refractivity (Wildman–Crippen MR) is 57.0 cm³/mol. The molecule has 0 aromatic rings. The highest BCUT2D eigenvalue weighted by Gasteiger charge is 2.02. The van der Waals surface area contributed by atoms with E-state index in [9.17, 15) is 8.42 Å². The van der Waals surface area contributed by atoms with Gasteiger partial charge in [0.05, 0.1) is 5.41 Å². The molecule has 4 heteroatoms. The minimum absolute atomic E-state index is 0.207. The summed E-state index contributed by atoms with van der Waals surface area (Å²) in [6.07, 6.45) is 10.4. The van der Waals surface area contributed by atoms with Gasteiger partial charge in [-0.15, -0.1) is 6.42 Å². The van der Waals surface area contributed by atoms with Crippen molar-refractivity contribution in [2.24, 2.45) is 0 Å². The van der Waals surface area contributed by atoms with Gasteiger partial charge in [0.15, 0.2) is 0 Å². The van der Waals surface area contributed by atoms with E-state index in [0.717, 1.165) is 31.1 Å². The maximum atomic E-state index is 11.0. The monoisotopic (exact) mass is 216 g/mol. The molecule has 80 valence electrons. The normalized spacial score (nSPS) is 11.7. The molecular formula is C10H16O3S. The van der Waals surface area contributed by atoms with Gasteiger partial charge in [0, 0.05) is 0 Å². The van der Waals surface area contributed by atoms with Crippen molar-refractivity contribution in [3.63, 3.8) is 0 Å². The highest BCUT2D eigenvalue weighted by molar-refractivity contribution is 7.89. The van der Waals surface area contributed by atoms with Gasteiger partial charge in [-0.2, -0.15) is 8.42 Å². The lowest BCUT2D eigenvalue weighted by molar-refractivity contribution is 0.370. The molecule has 0 unspecified atom stereocenters. The largest absolute Gasteiger partial charge is 0.290 e. The maximum Gasteiger partial charge on any atom is 0.290 e. The Bertz CT molecular complexity index is 296. The van der Waals surface area contributed by atoms with E-state index in [0.29, 0.717) is 0 Å². The molecule has 0 aliphatic heterocycles.